The Kier molecular flexibility index (Phi) is 2.82. The van der Waals surface area contributed by atoms with Crippen molar-refractivity contribution in [3.05, 3.63) is 47.7 Å². The van der Waals surface area contributed by atoms with Gasteiger partial charge in [-0.05, 0) is 43.0 Å². The van der Waals surface area contributed by atoms with Crippen molar-refractivity contribution >= 4 is 5.69 Å². The van der Waals surface area contributed by atoms with Gasteiger partial charge in [0.15, 0.2) is 0 Å². The lowest BCUT2D eigenvalue weighted by molar-refractivity contribution is 0.468. The molecule has 0 radical (unpaired) electrons. The van der Waals surface area contributed by atoms with Crippen LogP contribution >= 0.6 is 0 Å². The molecule has 2 unspecified atom stereocenters. The first-order valence-corrected chi connectivity index (χ1v) is 6.46. The minimum atomic E-state index is 0.652. The van der Waals surface area contributed by atoms with Crippen molar-refractivity contribution in [1.29, 1.82) is 0 Å². The van der Waals surface area contributed by atoms with E-state index in [0.717, 1.165) is 28.7 Å². The van der Waals surface area contributed by atoms with Gasteiger partial charge in [0.05, 0.1) is 12.2 Å². The molecule has 1 fully saturated rings. The number of furan rings is 1. The standard InChI is InChI=1S/C15H18N2O/c1-10-5-12(8-16-7-10)17-9-13-3-4-15(18-13)14-6-11(14)2/h3-5,7-8,11,14,17H,6,9H2,1-2H3. The Morgan fingerprint density at radius 2 is 2.22 bits per heavy atom. The van der Waals surface area contributed by atoms with Crippen molar-refractivity contribution in [3.8, 4) is 0 Å². The molecule has 3 nitrogen and oxygen atoms in total. The van der Waals surface area contributed by atoms with Crippen molar-refractivity contribution in [2.75, 3.05) is 5.32 Å². The Balaban J connectivity index is 1.61. The third kappa shape index (κ3) is 2.40. The molecule has 2 heterocycles. The fourth-order valence-corrected chi connectivity index (χ4v) is 2.25. The topological polar surface area (TPSA) is 38.1 Å². The Labute approximate surface area is 107 Å². The van der Waals surface area contributed by atoms with Crippen LogP contribution in [0.15, 0.2) is 35.0 Å². The zero-order chi connectivity index (χ0) is 12.5. The minimum Gasteiger partial charge on any atom is -0.464 e. The summed E-state index contributed by atoms with van der Waals surface area (Å²) in [6, 6.07) is 6.26. The van der Waals surface area contributed by atoms with Crippen molar-refractivity contribution in [3.63, 3.8) is 0 Å². The number of hydrogen-bond donors (Lipinski definition) is 1. The van der Waals surface area contributed by atoms with Gasteiger partial charge in [-0.15, -0.1) is 0 Å². The molecule has 0 spiro atoms. The summed E-state index contributed by atoms with van der Waals surface area (Å²) in [5, 5.41) is 3.33. The number of aryl methyl sites for hydroxylation is 1. The van der Waals surface area contributed by atoms with E-state index in [1.54, 1.807) is 0 Å². The molecular formula is C15H18N2O. The molecule has 0 amide bonds. The molecule has 0 aromatic carbocycles. The van der Waals surface area contributed by atoms with Crippen LogP contribution in [0, 0.1) is 12.8 Å². The molecule has 0 saturated heterocycles. The summed E-state index contributed by atoms with van der Waals surface area (Å²) in [5.74, 6) is 3.57. The van der Waals surface area contributed by atoms with Crippen LogP contribution < -0.4 is 5.32 Å². The number of aromatic nitrogens is 1. The van der Waals surface area contributed by atoms with Gasteiger partial charge >= 0.3 is 0 Å². The molecular weight excluding hydrogens is 224 g/mol. The smallest absolute Gasteiger partial charge is 0.123 e. The van der Waals surface area contributed by atoms with Gasteiger partial charge in [-0.1, -0.05) is 6.92 Å². The highest BCUT2D eigenvalue weighted by Gasteiger charge is 2.36. The lowest BCUT2D eigenvalue weighted by Gasteiger charge is -2.04. The number of hydrogen-bond acceptors (Lipinski definition) is 3. The average molecular weight is 242 g/mol. The van der Waals surface area contributed by atoms with Crippen LogP contribution in [0.3, 0.4) is 0 Å². The third-order valence-corrected chi connectivity index (χ3v) is 3.50. The Morgan fingerprint density at radius 3 is 2.94 bits per heavy atom. The summed E-state index contributed by atoms with van der Waals surface area (Å²) in [6.45, 7) is 5.02. The third-order valence-electron chi connectivity index (χ3n) is 3.50. The highest BCUT2D eigenvalue weighted by atomic mass is 16.3. The SMILES string of the molecule is Cc1cncc(NCc2ccc(C3CC3C)o2)c1. The second kappa shape index (κ2) is 4.48. The summed E-state index contributed by atoms with van der Waals surface area (Å²) in [5.41, 5.74) is 2.19. The summed E-state index contributed by atoms with van der Waals surface area (Å²) < 4.78 is 5.85. The van der Waals surface area contributed by atoms with Gasteiger partial charge in [0.2, 0.25) is 0 Å². The van der Waals surface area contributed by atoms with Crippen molar-refractivity contribution < 1.29 is 4.42 Å². The molecule has 2 atom stereocenters. The predicted molar refractivity (Wildman–Crippen MR) is 71.5 cm³/mol. The molecule has 94 valence electrons. The zero-order valence-electron chi connectivity index (χ0n) is 10.8. The van der Waals surface area contributed by atoms with Crippen LogP contribution in [0.25, 0.3) is 0 Å². The van der Waals surface area contributed by atoms with E-state index in [-0.39, 0.29) is 0 Å². The quantitative estimate of drug-likeness (QED) is 0.888. The molecule has 3 heteroatoms. The van der Waals surface area contributed by atoms with Gasteiger partial charge in [-0.3, -0.25) is 4.98 Å². The van der Waals surface area contributed by atoms with E-state index in [2.05, 4.69) is 35.4 Å². The molecule has 18 heavy (non-hydrogen) atoms. The predicted octanol–water partition coefficient (Wildman–Crippen LogP) is 3.72. The number of rotatable bonds is 4. The highest BCUT2D eigenvalue weighted by molar-refractivity contribution is 5.42. The van der Waals surface area contributed by atoms with Crippen LogP contribution in [-0.4, -0.2) is 4.98 Å². The van der Waals surface area contributed by atoms with Gasteiger partial charge in [0.1, 0.15) is 11.5 Å². The summed E-state index contributed by atoms with van der Waals surface area (Å²) in [4.78, 5) is 4.16. The largest absolute Gasteiger partial charge is 0.464 e. The lowest BCUT2D eigenvalue weighted by atomic mass is 10.3. The van der Waals surface area contributed by atoms with Gasteiger partial charge in [-0.25, -0.2) is 0 Å². The van der Waals surface area contributed by atoms with Crippen LogP contribution in [0.1, 0.15) is 36.3 Å². The van der Waals surface area contributed by atoms with Crippen LogP contribution in [0.4, 0.5) is 5.69 Å². The maximum Gasteiger partial charge on any atom is 0.123 e. The van der Waals surface area contributed by atoms with Crippen LogP contribution in [-0.2, 0) is 6.54 Å². The number of anilines is 1. The first-order chi connectivity index (χ1) is 8.72. The fraction of sp³-hybridized carbons (Fsp3) is 0.400. The second-order valence-electron chi connectivity index (χ2n) is 5.23. The Bertz CT molecular complexity index is 547. The molecule has 2 aromatic heterocycles. The van der Waals surface area contributed by atoms with E-state index < -0.39 is 0 Å². The monoisotopic (exact) mass is 242 g/mol. The molecule has 1 saturated carbocycles. The van der Waals surface area contributed by atoms with Crippen LogP contribution in [0.5, 0.6) is 0 Å². The van der Waals surface area contributed by atoms with Crippen molar-refractivity contribution in [1.82, 2.24) is 4.98 Å². The van der Waals surface area contributed by atoms with E-state index in [1.165, 1.54) is 6.42 Å². The zero-order valence-corrected chi connectivity index (χ0v) is 10.8. The van der Waals surface area contributed by atoms with E-state index in [4.69, 9.17) is 4.42 Å². The maximum absolute atomic E-state index is 5.85. The summed E-state index contributed by atoms with van der Waals surface area (Å²) >= 11 is 0. The van der Waals surface area contributed by atoms with Gasteiger partial charge in [0, 0.05) is 18.3 Å². The van der Waals surface area contributed by atoms with E-state index >= 15 is 0 Å². The van der Waals surface area contributed by atoms with Gasteiger partial charge in [0.25, 0.3) is 0 Å². The molecule has 3 rings (SSSR count). The molecule has 0 aliphatic heterocycles. The van der Waals surface area contributed by atoms with Crippen molar-refractivity contribution in [2.45, 2.75) is 32.7 Å². The van der Waals surface area contributed by atoms with E-state index in [9.17, 15) is 0 Å². The molecule has 0 bridgehead atoms. The molecule has 1 N–H and O–H groups in total. The normalized spacial score (nSPS) is 21.9. The maximum atomic E-state index is 5.85. The fourth-order valence-electron chi connectivity index (χ4n) is 2.25. The number of pyridine rings is 1. The summed E-state index contributed by atoms with van der Waals surface area (Å²) in [7, 11) is 0. The highest BCUT2D eigenvalue weighted by Crippen LogP contribution is 2.47. The first-order valence-electron chi connectivity index (χ1n) is 6.46. The second-order valence-corrected chi connectivity index (χ2v) is 5.23. The number of nitrogens with one attached hydrogen (secondary N) is 1. The lowest BCUT2D eigenvalue weighted by Crippen LogP contribution is -1.98. The molecule has 1 aliphatic carbocycles. The van der Waals surface area contributed by atoms with E-state index in [0.29, 0.717) is 12.5 Å². The van der Waals surface area contributed by atoms with Gasteiger partial charge < -0.3 is 9.73 Å². The van der Waals surface area contributed by atoms with Crippen molar-refractivity contribution in [2.24, 2.45) is 5.92 Å². The summed E-state index contributed by atoms with van der Waals surface area (Å²) in [6.07, 6.45) is 4.95. The molecule has 2 aromatic rings. The Morgan fingerprint density at radius 1 is 1.39 bits per heavy atom. The molecule has 1 aliphatic rings. The van der Waals surface area contributed by atoms with E-state index in [1.807, 2.05) is 19.3 Å². The Hall–Kier alpha value is -1.77. The first kappa shape index (κ1) is 11.3. The average Bonchev–Trinajstić information content (AvgIpc) is 2.91. The minimum absolute atomic E-state index is 0.652. The van der Waals surface area contributed by atoms with Crippen LogP contribution in [0.2, 0.25) is 0 Å². The van der Waals surface area contributed by atoms with Gasteiger partial charge in [-0.2, -0.15) is 0 Å². The number of nitrogens with zero attached hydrogens (tertiary/aromatic N) is 1.